The topological polar surface area (TPSA) is 17.1 Å². The van der Waals surface area contributed by atoms with E-state index in [1.165, 1.54) is 0 Å². The molecule has 0 fully saturated rings. The monoisotopic (exact) mass is 198 g/mol. The van der Waals surface area contributed by atoms with Gasteiger partial charge in [0.2, 0.25) is 0 Å². The van der Waals surface area contributed by atoms with E-state index in [0.29, 0.717) is 6.42 Å². The lowest BCUT2D eigenvalue weighted by atomic mass is 9.84. The number of carbonyl (C=O) groups excluding carboxylic acids is 1. The van der Waals surface area contributed by atoms with Crippen LogP contribution in [-0.2, 0) is 4.79 Å². The Hall–Kier alpha value is -0.660. The van der Waals surface area contributed by atoms with Gasteiger partial charge in [0.15, 0.2) is 11.6 Å². The van der Waals surface area contributed by atoms with Crippen molar-refractivity contribution in [3.8, 4) is 0 Å². The molecule has 2 atom stereocenters. The van der Waals surface area contributed by atoms with E-state index in [-0.39, 0.29) is 17.6 Å². The number of carbonyl (C=O) groups is 1. The molecular formula is C12H19FO. The Morgan fingerprint density at radius 1 is 1.21 bits per heavy atom. The third-order valence-corrected chi connectivity index (χ3v) is 3.19. The molecule has 2 unspecified atom stereocenters. The van der Waals surface area contributed by atoms with Gasteiger partial charge in [-0.15, -0.1) is 0 Å². The van der Waals surface area contributed by atoms with Crippen molar-refractivity contribution in [2.75, 3.05) is 0 Å². The normalized spacial score (nSPS) is 27.6. The molecule has 0 spiro atoms. The van der Waals surface area contributed by atoms with E-state index in [0.717, 1.165) is 24.8 Å². The van der Waals surface area contributed by atoms with Gasteiger partial charge in [0.1, 0.15) is 0 Å². The molecule has 0 saturated carbocycles. The molecule has 0 radical (unpaired) electrons. The second-order valence-corrected chi connectivity index (χ2v) is 3.97. The molecule has 2 heteroatoms. The van der Waals surface area contributed by atoms with Crippen molar-refractivity contribution in [3.63, 3.8) is 0 Å². The number of allylic oxidation sites excluding steroid dienone is 2. The lowest BCUT2D eigenvalue weighted by molar-refractivity contribution is -0.120. The smallest absolute Gasteiger partial charge is 0.194 e. The first-order chi connectivity index (χ1) is 6.67. The molecule has 0 bridgehead atoms. The summed E-state index contributed by atoms with van der Waals surface area (Å²) < 4.78 is 13.5. The van der Waals surface area contributed by atoms with E-state index < -0.39 is 5.83 Å². The van der Waals surface area contributed by atoms with E-state index in [1.54, 1.807) is 0 Å². The van der Waals surface area contributed by atoms with Crippen molar-refractivity contribution in [1.29, 1.82) is 0 Å². The molecule has 0 aromatic heterocycles. The van der Waals surface area contributed by atoms with Crippen LogP contribution in [0.3, 0.4) is 0 Å². The van der Waals surface area contributed by atoms with Gasteiger partial charge in [-0.05, 0) is 30.8 Å². The van der Waals surface area contributed by atoms with Crippen LogP contribution in [0.1, 0.15) is 46.5 Å². The minimum atomic E-state index is -0.433. The van der Waals surface area contributed by atoms with Gasteiger partial charge in [-0.1, -0.05) is 27.2 Å². The van der Waals surface area contributed by atoms with Crippen molar-refractivity contribution < 1.29 is 9.18 Å². The molecule has 14 heavy (non-hydrogen) atoms. The summed E-state index contributed by atoms with van der Waals surface area (Å²) >= 11 is 0. The molecule has 1 rings (SSSR count). The predicted molar refractivity (Wildman–Crippen MR) is 55.6 cm³/mol. The molecule has 1 aliphatic rings. The van der Waals surface area contributed by atoms with Crippen LogP contribution in [-0.4, -0.2) is 5.78 Å². The highest BCUT2D eigenvalue weighted by molar-refractivity contribution is 5.99. The Bertz CT molecular complexity index is 255. The summed E-state index contributed by atoms with van der Waals surface area (Å²) in [5, 5.41) is 0. The fourth-order valence-electron chi connectivity index (χ4n) is 2.48. The maximum absolute atomic E-state index is 13.5. The van der Waals surface area contributed by atoms with E-state index in [9.17, 15) is 9.18 Å². The van der Waals surface area contributed by atoms with Crippen LogP contribution in [0.5, 0.6) is 0 Å². The number of rotatable bonds is 4. The molecular weight excluding hydrogens is 179 g/mol. The number of halogens is 1. The average Bonchev–Trinajstić information content (AvgIpc) is 2.40. The largest absolute Gasteiger partial charge is 0.291 e. The highest BCUT2D eigenvalue weighted by Gasteiger charge is 2.39. The zero-order chi connectivity index (χ0) is 10.7. The number of hydrogen-bond donors (Lipinski definition) is 0. The van der Waals surface area contributed by atoms with Crippen LogP contribution in [0, 0.1) is 11.8 Å². The Balaban J connectivity index is 2.92. The van der Waals surface area contributed by atoms with Crippen LogP contribution in [0.25, 0.3) is 0 Å². The summed E-state index contributed by atoms with van der Waals surface area (Å²) in [5.74, 6) is -0.576. The molecule has 0 aromatic carbocycles. The summed E-state index contributed by atoms with van der Waals surface area (Å²) in [6.45, 7) is 5.99. The molecule has 1 nitrogen and oxygen atoms in total. The van der Waals surface area contributed by atoms with Crippen LogP contribution in [0.4, 0.5) is 4.39 Å². The van der Waals surface area contributed by atoms with Gasteiger partial charge < -0.3 is 0 Å². The lowest BCUT2D eigenvalue weighted by Gasteiger charge is -2.18. The first-order valence-electron chi connectivity index (χ1n) is 5.60. The van der Waals surface area contributed by atoms with Crippen LogP contribution in [0.2, 0.25) is 0 Å². The fourth-order valence-corrected chi connectivity index (χ4v) is 2.48. The van der Waals surface area contributed by atoms with Gasteiger partial charge in [0.25, 0.3) is 0 Å². The summed E-state index contributed by atoms with van der Waals surface area (Å²) in [4.78, 5) is 11.6. The van der Waals surface area contributed by atoms with Crippen molar-refractivity contribution >= 4 is 5.78 Å². The van der Waals surface area contributed by atoms with Crippen molar-refractivity contribution in [3.05, 3.63) is 11.4 Å². The van der Waals surface area contributed by atoms with Crippen LogP contribution in [0.15, 0.2) is 11.4 Å². The lowest BCUT2D eigenvalue weighted by Crippen LogP contribution is -2.16. The molecule has 0 N–H and O–H groups in total. The van der Waals surface area contributed by atoms with Crippen molar-refractivity contribution in [2.24, 2.45) is 11.8 Å². The van der Waals surface area contributed by atoms with Crippen LogP contribution >= 0.6 is 0 Å². The van der Waals surface area contributed by atoms with Crippen molar-refractivity contribution in [2.45, 2.75) is 46.5 Å². The first-order valence-corrected chi connectivity index (χ1v) is 5.60. The second-order valence-electron chi connectivity index (χ2n) is 3.97. The van der Waals surface area contributed by atoms with Gasteiger partial charge in [0.05, 0.1) is 0 Å². The van der Waals surface area contributed by atoms with Gasteiger partial charge >= 0.3 is 0 Å². The summed E-state index contributed by atoms with van der Waals surface area (Å²) in [6, 6.07) is 0. The number of hydrogen-bond acceptors (Lipinski definition) is 1. The fraction of sp³-hybridized carbons (Fsp3) is 0.750. The minimum Gasteiger partial charge on any atom is -0.291 e. The molecule has 0 aromatic rings. The average molecular weight is 198 g/mol. The highest BCUT2D eigenvalue weighted by atomic mass is 19.1. The maximum atomic E-state index is 13.5. The van der Waals surface area contributed by atoms with Gasteiger partial charge in [-0.3, -0.25) is 4.79 Å². The molecule has 0 heterocycles. The second kappa shape index (κ2) is 4.72. The predicted octanol–water partition coefficient (Wildman–Crippen LogP) is 3.65. The quantitative estimate of drug-likeness (QED) is 0.674. The third kappa shape index (κ3) is 1.75. The highest BCUT2D eigenvalue weighted by Crippen LogP contribution is 2.41. The SMILES string of the molecule is CCCC1C(CC)=C(F)C(=O)C1CC. The van der Waals surface area contributed by atoms with Gasteiger partial charge in [-0.25, -0.2) is 4.39 Å². The Morgan fingerprint density at radius 2 is 1.86 bits per heavy atom. The summed E-state index contributed by atoms with van der Waals surface area (Å²) in [7, 11) is 0. The molecule has 0 saturated heterocycles. The molecule has 0 amide bonds. The minimum absolute atomic E-state index is 0.0788. The molecule has 80 valence electrons. The van der Waals surface area contributed by atoms with Gasteiger partial charge in [-0.2, -0.15) is 0 Å². The zero-order valence-electron chi connectivity index (χ0n) is 9.27. The Kier molecular flexibility index (Phi) is 3.85. The summed E-state index contributed by atoms with van der Waals surface area (Å²) in [6.07, 6.45) is 3.41. The molecule has 0 aliphatic heterocycles. The molecule has 1 aliphatic carbocycles. The first kappa shape index (κ1) is 11.4. The van der Waals surface area contributed by atoms with E-state index >= 15 is 0 Å². The van der Waals surface area contributed by atoms with Crippen LogP contribution < -0.4 is 0 Å². The van der Waals surface area contributed by atoms with E-state index in [2.05, 4.69) is 6.92 Å². The Morgan fingerprint density at radius 3 is 2.29 bits per heavy atom. The maximum Gasteiger partial charge on any atom is 0.194 e. The third-order valence-electron chi connectivity index (χ3n) is 3.19. The Labute approximate surface area is 85.4 Å². The van der Waals surface area contributed by atoms with Gasteiger partial charge in [0, 0.05) is 5.92 Å². The van der Waals surface area contributed by atoms with E-state index in [4.69, 9.17) is 0 Å². The van der Waals surface area contributed by atoms with Crippen molar-refractivity contribution in [1.82, 2.24) is 0 Å². The number of ketones is 1. The number of Topliss-reactive ketones (excluding diaryl/α,β-unsaturated/α-hetero) is 1. The zero-order valence-corrected chi connectivity index (χ0v) is 9.27. The summed E-state index contributed by atoms with van der Waals surface area (Å²) in [5.41, 5.74) is 0.767. The standard InChI is InChI=1S/C12H19FO/c1-4-7-10-8(5-2)11(13)12(14)9(10)6-3/h9-10H,4-7H2,1-3H3. The van der Waals surface area contributed by atoms with E-state index in [1.807, 2.05) is 13.8 Å².